The number of rotatable bonds is 7. The number of ether oxygens (including phenoxy) is 2. The molecule has 0 heterocycles. The molecule has 2 aromatic carbocycles. The molecule has 0 saturated carbocycles. The van der Waals surface area contributed by atoms with E-state index >= 15 is 0 Å². The highest BCUT2D eigenvalue weighted by Crippen LogP contribution is 2.25. The van der Waals surface area contributed by atoms with E-state index in [0.29, 0.717) is 23.5 Å². The summed E-state index contributed by atoms with van der Waals surface area (Å²) in [5.41, 5.74) is 1.84. The maximum atomic E-state index is 12.3. The Balaban J connectivity index is 1.99. The smallest absolute Gasteiger partial charge is 0.166 e. The zero-order valence-corrected chi connectivity index (χ0v) is 12.5. The molecule has 110 valence electrons. The van der Waals surface area contributed by atoms with Gasteiger partial charge in [-0.15, -0.1) is 0 Å². The number of hydrogen-bond acceptors (Lipinski definition) is 3. The van der Waals surface area contributed by atoms with E-state index in [1.165, 1.54) is 5.56 Å². The van der Waals surface area contributed by atoms with Gasteiger partial charge in [0.15, 0.2) is 5.78 Å². The van der Waals surface area contributed by atoms with Crippen molar-refractivity contribution in [2.45, 2.75) is 19.3 Å². The van der Waals surface area contributed by atoms with Gasteiger partial charge in [0.2, 0.25) is 0 Å². The van der Waals surface area contributed by atoms with Gasteiger partial charge in [-0.25, -0.2) is 0 Å². The molecule has 3 nitrogen and oxygen atoms in total. The Kier molecular flexibility index (Phi) is 5.38. The van der Waals surface area contributed by atoms with E-state index in [1.54, 1.807) is 32.4 Å². The molecular formula is C18H20O3. The van der Waals surface area contributed by atoms with Gasteiger partial charge in [0.1, 0.15) is 11.5 Å². The van der Waals surface area contributed by atoms with Gasteiger partial charge in [-0.2, -0.15) is 0 Å². The Morgan fingerprint density at radius 2 is 1.76 bits per heavy atom. The van der Waals surface area contributed by atoms with Crippen molar-refractivity contribution in [1.82, 2.24) is 0 Å². The summed E-state index contributed by atoms with van der Waals surface area (Å²) in [7, 11) is 3.16. The molecule has 0 amide bonds. The molecule has 0 spiro atoms. The lowest BCUT2D eigenvalue weighted by atomic mass is 10.0. The van der Waals surface area contributed by atoms with Crippen molar-refractivity contribution in [2.75, 3.05) is 14.2 Å². The summed E-state index contributed by atoms with van der Waals surface area (Å²) in [4.78, 5) is 12.3. The standard InChI is InChI=1S/C18H20O3/c1-20-15-11-12-18(21-2)16(13-15)17(19)10-6-9-14-7-4-3-5-8-14/h3-5,7-8,11-13H,6,9-10H2,1-2H3. The van der Waals surface area contributed by atoms with Crippen LogP contribution in [0.3, 0.4) is 0 Å². The first-order chi connectivity index (χ1) is 10.2. The second-order valence-corrected chi connectivity index (χ2v) is 4.83. The van der Waals surface area contributed by atoms with E-state index in [2.05, 4.69) is 12.1 Å². The second kappa shape index (κ2) is 7.48. The van der Waals surface area contributed by atoms with Crippen LogP contribution in [0.1, 0.15) is 28.8 Å². The zero-order valence-electron chi connectivity index (χ0n) is 12.5. The SMILES string of the molecule is COc1ccc(OC)c(C(=O)CCCc2ccccc2)c1. The van der Waals surface area contributed by atoms with E-state index in [0.717, 1.165) is 12.8 Å². The third-order valence-corrected chi connectivity index (χ3v) is 3.42. The Morgan fingerprint density at radius 1 is 1.00 bits per heavy atom. The Bertz CT molecular complexity index is 591. The first-order valence-electron chi connectivity index (χ1n) is 7.03. The van der Waals surface area contributed by atoms with Crippen molar-refractivity contribution in [2.24, 2.45) is 0 Å². The predicted molar refractivity (Wildman–Crippen MR) is 83.3 cm³/mol. The first kappa shape index (κ1) is 15.1. The summed E-state index contributed by atoms with van der Waals surface area (Å²) < 4.78 is 10.4. The number of Topliss-reactive ketones (excluding diaryl/α,β-unsaturated/α-hetero) is 1. The van der Waals surface area contributed by atoms with Crippen LogP contribution in [0.25, 0.3) is 0 Å². The van der Waals surface area contributed by atoms with E-state index in [4.69, 9.17) is 9.47 Å². The molecule has 0 bridgehead atoms. The molecule has 2 rings (SSSR count). The number of ketones is 1. The van der Waals surface area contributed by atoms with Gasteiger partial charge in [-0.05, 0) is 36.6 Å². The van der Waals surface area contributed by atoms with E-state index in [1.807, 2.05) is 18.2 Å². The third-order valence-electron chi connectivity index (χ3n) is 3.42. The molecule has 0 fully saturated rings. The van der Waals surface area contributed by atoms with Crippen LogP contribution in [0.5, 0.6) is 11.5 Å². The monoisotopic (exact) mass is 284 g/mol. The average molecular weight is 284 g/mol. The molecule has 0 saturated heterocycles. The average Bonchev–Trinajstić information content (AvgIpc) is 2.55. The molecule has 0 aliphatic rings. The number of methoxy groups -OCH3 is 2. The van der Waals surface area contributed by atoms with Crippen LogP contribution in [0.4, 0.5) is 0 Å². The lowest BCUT2D eigenvalue weighted by Crippen LogP contribution is -2.03. The maximum absolute atomic E-state index is 12.3. The van der Waals surface area contributed by atoms with Crippen LogP contribution >= 0.6 is 0 Å². The molecule has 0 atom stereocenters. The summed E-state index contributed by atoms with van der Waals surface area (Å²) in [5.74, 6) is 1.35. The minimum absolute atomic E-state index is 0.0849. The first-order valence-corrected chi connectivity index (χ1v) is 7.03. The van der Waals surface area contributed by atoms with Crippen LogP contribution < -0.4 is 9.47 Å². The summed E-state index contributed by atoms with van der Waals surface area (Å²) in [6.45, 7) is 0. The second-order valence-electron chi connectivity index (χ2n) is 4.83. The molecule has 2 aromatic rings. The van der Waals surface area contributed by atoms with Crippen molar-refractivity contribution >= 4 is 5.78 Å². The minimum atomic E-state index is 0.0849. The maximum Gasteiger partial charge on any atom is 0.166 e. The van der Waals surface area contributed by atoms with E-state index in [-0.39, 0.29) is 5.78 Å². The van der Waals surface area contributed by atoms with E-state index < -0.39 is 0 Å². The molecule has 0 aliphatic carbocycles. The fourth-order valence-corrected chi connectivity index (χ4v) is 2.26. The highest BCUT2D eigenvalue weighted by molar-refractivity contribution is 5.99. The van der Waals surface area contributed by atoms with Gasteiger partial charge >= 0.3 is 0 Å². The third kappa shape index (κ3) is 4.09. The highest BCUT2D eigenvalue weighted by atomic mass is 16.5. The number of carbonyl (C=O) groups excluding carboxylic acids is 1. The summed E-state index contributed by atoms with van der Waals surface area (Å²) in [5, 5.41) is 0. The quantitative estimate of drug-likeness (QED) is 0.723. The van der Waals surface area contributed by atoms with Crippen LogP contribution in [-0.2, 0) is 6.42 Å². The molecule has 3 heteroatoms. The lowest BCUT2D eigenvalue weighted by molar-refractivity contribution is 0.0977. The summed E-state index contributed by atoms with van der Waals surface area (Å²) in [6.07, 6.45) is 2.22. The lowest BCUT2D eigenvalue weighted by Gasteiger charge is -2.09. The zero-order chi connectivity index (χ0) is 15.1. The van der Waals surface area contributed by atoms with Gasteiger partial charge in [0, 0.05) is 6.42 Å². The van der Waals surface area contributed by atoms with E-state index in [9.17, 15) is 4.79 Å². The van der Waals surface area contributed by atoms with Crippen LogP contribution in [-0.4, -0.2) is 20.0 Å². The van der Waals surface area contributed by atoms with Crippen LogP contribution in [0, 0.1) is 0 Å². The molecule has 0 N–H and O–H groups in total. The largest absolute Gasteiger partial charge is 0.497 e. The van der Waals surface area contributed by atoms with Crippen molar-refractivity contribution in [3.63, 3.8) is 0 Å². The summed E-state index contributed by atoms with van der Waals surface area (Å²) in [6, 6.07) is 15.5. The van der Waals surface area contributed by atoms with Crippen molar-refractivity contribution in [3.8, 4) is 11.5 Å². The molecule has 21 heavy (non-hydrogen) atoms. The highest BCUT2D eigenvalue weighted by Gasteiger charge is 2.13. The molecule has 0 unspecified atom stereocenters. The predicted octanol–water partition coefficient (Wildman–Crippen LogP) is 3.91. The summed E-state index contributed by atoms with van der Waals surface area (Å²) >= 11 is 0. The Morgan fingerprint density at radius 3 is 2.43 bits per heavy atom. The molecule has 0 aliphatic heterocycles. The van der Waals surface area contributed by atoms with Crippen LogP contribution in [0.15, 0.2) is 48.5 Å². The normalized spacial score (nSPS) is 10.2. The topological polar surface area (TPSA) is 35.5 Å². The minimum Gasteiger partial charge on any atom is -0.497 e. The van der Waals surface area contributed by atoms with Gasteiger partial charge < -0.3 is 9.47 Å². The van der Waals surface area contributed by atoms with Crippen LogP contribution in [0.2, 0.25) is 0 Å². The number of hydrogen-bond donors (Lipinski definition) is 0. The van der Waals surface area contributed by atoms with Gasteiger partial charge in [0.25, 0.3) is 0 Å². The molecular weight excluding hydrogens is 264 g/mol. The fourth-order valence-electron chi connectivity index (χ4n) is 2.26. The van der Waals surface area contributed by atoms with Crippen molar-refractivity contribution in [1.29, 1.82) is 0 Å². The van der Waals surface area contributed by atoms with Gasteiger partial charge in [0.05, 0.1) is 19.8 Å². The van der Waals surface area contributed by atoms with Crippen molar-refractivity contribution in [3.05, 3.63) is 59.7 Å². The Labute approximate surface area is 125 Å². The molecule has 0 radical (unpaired) electrons. The number of carbonyl (C=O) groups is 1. The fraction of sp³-hybridized carbons (Fsp3) is 0.278. The molecule has 0 aromatic heterocycles. The number of aryl methyl sites for hydroxylation is 1. The van der Waals surface area contributed by atoms with Crippen molar-refractivity contribution < 1.29 is 14.3 Å². The number of benzene rings is 2. The van der Waals surface area contributed by atoms with Gasteiger partial charge in [-0.3, -0.25) is 4.79 Å². The van der Waals surface area contributed by atoms with Gasteiger partial charge in [-0.1, -0.05) is 30.3 Å². The Hall–Kier alpha value is -2.29.